The Labute approximate surface area is 181 Å². The molecule has 8 heteroatoms. The van der Waals surface area contributed by atoms with Crippen molar-refractivity contribution in [3.8, 4) is 0 Å². The molecule has 1 aliphatic heterocycles. The van der Waals surface area contributed by atoms with Crippen molar-refractivity contribution < 1.29 is 19.1 Å². The van der Waals surface area contributed by atoms with E-state index in [2.05, 4.69) is 25.7 Å². The zero-order valence-electron chi connectivity index (χ0n) is 16.4. The van der Waals surface area contributed by atoms with E-state index in [1.54, 1.807) is 34.1 Å². The summed E-state index contributed by atoms with van der Waals surface area (Å²) in [6, 6.07) is 14.1. The van der Waals surface area contributed by atoms with Crippen molar-refractivity contribution in [3.05, 3.63) is 69.8 Å². The summed E-state index contributed by atoms with van der Waals surface area (Å²) in [6.45, 7) is 1.83. The van der Waals surface area contributed by atoms with Crippen LogP contribution in [0.2, 0.25) is 0 Å². The Morgan fingerprint density at radius 3 is 2.10 bits per heavy atom. The molecule has 1 aromatic heterocycles. The summed E-state index contributed by atoms with van der Waals surface area (Å²) in [5, 5.41) is 0.969. The van der Waals surface area contributed by atoms with Gasteiger partial charge in [0.1, 0.15) is 5.69 Å². The van der Waals surface area contributed by atoms with Crippen LogP contribution >= 0.6 is 15.9 Å². The number of ether oxygens (including phenoxy) is 1. The third-order valence-electron chi connectivity index (χ3n) is 5.22. The van der Waals surface area contributed by atoms with E-state index in [0.717, 1.165) is 15.4 Å². The number of rotatable bonds is 3. The fourth-order valence-electron chi connectivity index (χ4n) is 3.55. The van der Waals surface area contributed by atoms with Crippen molar-refractivity contribution in [2.24, 2.45) is 0 Å². The summed E-state index contributed by atoms with van der Waals surface area (Å²) < 4.78 is 5.63. The number of carbonyl (C=O) groups excluding carboxylic acids is 3. The number of H-pyrrole nitrogens is 1. The molecule has 1 aliphatic rings. The van der Waals surface area contributed by atoms with Gasteiger partial charge in [0, 0.05) is 47.1 Å². The maximum absolute atomic E-state index is 12.9. The zero-order chi connectivity index (χ0) is 21.3. The highest BCUT2D eigenvalue weighted by atomic mass is 79.9. The van der Waals surface area contributed by atoms with E-state index in [0.29, 0.717) is 43.0 Å². The van der Waals surface area contributed by atoms with E-state index in [4.69, 9.17) is 0 Å². The van der Waals surface area contributed by atoms with Gasteiger partial charge in [-0.15, -0.1) is 0 Å². The summed E-state index contributed by atoms with van der Waals surface area (Å²) in [5.41, 5.74) is 2.35. The first-order chi connectivity index (χ1) is 14.5. The van der Waals surface area contributed by atoms with Gasteiger partial charge in [-0.1, -0.05) is 15.9 Å². The normalized spacial score (nSPS) is 14.1. The summed E-state index contributed by atoms with van der Waals surface area (Å²) in [5.74, 6) is -0.628. The molecule has 4 rings (SSSR count). The quantitative estimate of drug-likeness (QED) is 0.596. The van der Waals surface area contributed by atoms with E-state index in [1.807, 2.05) is 24.3 Å². The van der Waals surface area contributed by atoms with Gasteiger partial charge in [-0.3, -0.25) is 9.59 Å². The Balaban J connectivity index is 1.39. The largest absolute Gasteiger partial charge is 0.465 e. The molecule has 2 heterocycles. The molecule has 1 saturated heterocycles. The van der Waals surface area contributed by atoms with Crippen molar-refractivity contribution >= 4 is 44.6 Å². The number of piperazine rings is 1. The van der Waals surface area contributed by atoms with Crippen LogP contribution in [-0.2, 0) is 4.74 Å². The van der Waals surface area contributed by atoms with Crippen molar-refractivity contribution in [2.45, 2.75) is 0 Å². The molecule has 3 aromatic rings. The Morgan fingerprint density at radius 2 is 1.47 bits per heavy atom. The minimum absolute atomic E-state index is 0.0724. The molecule has 1 fully saturated rings. The third kappa shape index (κ3) is 3.95. The smallest absolute Gasteiger partial charge is 0.337 e. The van der Waals surface area contributed by atoms with Crippen LogP contribution in [0.15, 0.2) is 53.0 Å². The molecular weight excluding hydrogens is 450 g/mol. The maximum Gasteiger partial charge on any atom is 0.337 e. The number of benzene rings is 2. The average molecular weight is 470 g/mol. The van der Waals surface area contributed by atoms with E-state index >= 15 is 0 Å². The Hall–Kier alpha value is -3.13. The molecule has 2 aromatic carbocycles. The molecule has 30 heavy (non-hydrogen) atoms. The first-order valence-electron chi connectivity index (χ1n) is 9.51. The number of aromatic nitrogens is 1. The summed E-state index contributed by atoms with van der Waals surface area (Å²) in [6.07, 6.45) is 0. The number of carbonyl (C=O) groups is 3. The first-order valence-corrected chi connectivity index (χ1v) is 10.3. The van der Waals surface area contributed by atoms with E-state index in [9.17, 15) is 14.4 Å². The molecule has 0 saturated carbocycles. The number of aromatic amines is 1. The molecule has 2 amide bonds. The molecule has 7 nitrogen and oxygen atoms in total. The minimum Gasteiger partial charge on any atom is -0.465 e. The molecule has 1 N–H and O–H groups in total. The van der Waals surface area contributed by atoms with Crippen LogP contribution in [0.4, 0.5) is 0 Å². The number of esters is 1. The van der Waals surface area contributed by atoms with E-state index < -0.39 is 5.97 Å². The van der Waals surface area contributed by atoms with Crippen molar-refractivity contribution in [1.82, 2.24) is 14.8 Å². The van der Waals surface area contributed by atoms with Crippen LogP contribution in [-0.4, -0.2) is 65.9 Å². The van der Waals surface area contributed by atoms with Gasteiger partial charge in [-0.25, -0.2) is 4.79 Å². The molecule has 0 atom stereocenters. The van der Waals surface area contributed by atoms with Crippen LogP contribution in [0.25, 0.3) is 10.9 Å². The number of hydrogen-bond acceptors (Lipinski definition) is 4. The predicted molar refractivity (Wildman–Crippen MR) is 116 cm³/mol. The number of nitrogens with zero attached hydrogens (tertiary/aromatic N) is 2. The van der Waals surface area contributed by atoms with Crippen molar-refractivity contribution in [2.75, 3.05) is 33.3 Å². The maximum atomic E-state index is 12.9. The minimum atomic E-state index is -0.439. The van der Waals surface area contributed by atoms with Gasteiger partial charge >= 0.3 is 5.97 Å². The number of amides is 2. The number of nitrogens with one attached hydrogen (secondary N) is 1. The van der Waals surface area contributed by atoms with Gasteiger partial charge in [-0.05, 0) is 48.5 Å². The SMILES string of the molecule is COC(=O)c1ccc(C(=O)N2CCN(C(=O)c3cc4cc(Br)ccc4[nH]3)CC2)cc1. The van der Waals surface area contributed by atoms with Gasteiger partial charge in [0.05, 0.1) is 12.7 Å². The molecule has 0 aliphatic carbocycles. The van der Waals surface area contributed by atoms with Crippen molar-refractivity contribution in [1.29, 1.82) is 0 Å². The second kappa shape index (κ2) is 8.31. The summed E-state index contributed by atoms with van der Waals surface area (Å²) in [4.78, 5) is 43.8. The van der Waals surface area contributed by atoms with Gasteiger partial charge in [-0.2, -0.15) is 0 Å². The Bertz CT molecular complexity index is 1120. The molecule has 0 radical (unpaired) electrons. The van der Waals surface area contributed by atoms with Gasteiger partial charge < -0.3 is 19.5 Å². The van der Waals surface area contributed by atoms with Crippen LogP contribution in [0.1, 0.15) is 31.2 Å². The lowest BCUT2D eigenvalue weighted by atomic mass is 10.1. The highest BCUT2D eigenvalue weighted by Gasteiger charge is 2.26. The Kier molecular flexibility index (Phi) is 5.59. The lowest BCUT2D eigenvalue weighted by molar-refractivity contribution is 0.0532. The Morgan fingerprint density at radius 1 is 0.867 bits per heavy atom. The number of fused-ring (bicyclic) bond motifs is 1. The van der Waals surface area contributed by atoms with E-state index in [-0.39, 0.29) is 11.8 Å². The summed E-state index contributed by atoms with van der Waals surface area (Å²) >= 11 is 3.44. The highest BCUT2D eigenvalue weighted by Crippen LogP contribution is 2.22. The molecule has 154 valence electrons. The number of halogens is 1. The van der Waals surface area contributed by atoms with Crippen LogP contribution in [0.5, 0.6) is 0 Å². The zero-order valence-corrected chi connectivity index (χ0v) is 17.9. The molecule has 0 unspecified atom stereocenters. The topological polar surface area (TPSA) is 82.7 Å². The fourth-order valence-corrected chi connectivity index (χ4v) is 3.93. The van der Waals surface area contributed by atoms with Crippen LogP contribution in [0, 0.1) is 0 Å². The molecular formula is C22H20BrN3O4. The van der Waals surface area contributed by atoms with Crippen LogP contribution in [0.3, 0.4) is 0 Å². The first kappa shape index (κ1) is 20.2. The van der Waals surface area contributed by atoms with Gasteiger partial charge in [0.25, 0.3) is 11.8 Å². The predicted octanol–water partition coefficient (Wildman–Crippen LogP) is 3.32. The average Bonchev–Trinajstić information content (AvgIpc) is 3.21. The lowest BCUT2D eigenvalue weighted by Crippen LogP contribution is -2.50. The molecule has 0 bridgehead atoms. The second-order valence-corrected chi connectivity index (χ2v) is 7.98. The number of hydrogen-bond donors (Lipinski definition) is 1. The fraction of sp³-hybridized carbons (Fsp3) is 0.227. The monoisotopic (exact) mass is 469 g/mol. The number of methoxy groups -OCH3 is 1. The summed E-state index contributed by atoms with van der Waals surface area (Å²) in [7, 11) is 1.32. The third-order valence-corrected chi connectivity index (χ3v) is 5.71. The standard InChI is InChI=1S/C22H20BrN3O4/c1-30-22(29)15-4-2-14(3-5-15)20(27)25-8-10-26(11-9-25)21(28)19-13-16-12-17(23)6-7-18(16)24-19/h2-7,12-13,24H,8-11H2,1H3. The van der Waals surface area contributed by atoms with Gasteiger partial charge in [0.2, 0.25) is 0 Å². The highest BCUT2D eigenvalue weighted by molar-refractivity contribution is 9.10. The van der Waals surface area contributed by atoms with Crippen molar-refractivity contribution in [3.63, 3.8) is 0 Å². The lowest BCUT2D eigenvalue weighted by Gasteiger charge is -2.34. The second-order valence-electron chi connectivity index (χ2n) is 7.07. The van der Waals surface area contributed by atoms with E-state index in [1.165, 1.54) is 7.11 Å². The molecule has 0 spiro atoms. The van der Waals surface area contributed by atoms with Crippen LogP contribution < -0.4 is 0 Å². The van der Waals surface area contributed by atoms with Gasteiger partial charge in [0.15, 0.2) is 0 Å².